The predicted octanol–water partition coefficient (Wildman–Crippen LogP) is 0.970. The monoisotopic (exact) mass is 172 g/mol. The molecule has 0 spiro atoms. The minimum Gasteiger partial charge on any atom is -0.478 e. The van der Waals surface area contributed by atoms with Crippen molar-refractivity contribution in [2.75, 3.05) is 6.61 Å². The molecule has 0 aliphatic heterocycles. The van der Waals surface area contributed by atoms with Crippen molar-refractivity contribution in [2.45, 2.75) is 19.8 Å². The number of hydrogen-bond acceptors (Lipinski definition) is 3. The van der Waals surface area contributed by atoms with Crippen LogP contribution < -0.4 is 0 Å². The molecule has 0 saturated carbocycles. The van der Waals surface area contributed by atoms with Crippen molar-refractivity contribution >= 4 is 11.9 Å². The Labute approximate surface area is 70.8 Å². The summed E-state index contributed by atoms with van der Waals surface area (Å²) in [5.74, 6) is -1.76. The molecule has 0 aromatic rings. The fourth-order valence-corrected chi connectivity index (χ4v) is 0.505. The fourth-order valence-electron chi connectivity index (χ4n) is 0.505. The molecule has 0 unspecified atom stereocenters. The van der Waals surface area contributed by atoms with Gasteiger partial charge in [-0.1, -0.05) is 13.3 Å². The van der Waals surface area contributed by atoms with E-state index in [1.807, 2.05) is 6.92 Å². The molecule has 0 amide bonds. The van der Waals surface area contributed by atoms with Gasteiger partial charge >= 0.3 is 11.9 Å². The molecule has 0 aliphatic carbocycles. The quantitative estimate of drug-likeness (QED) is 0.381. The number of carboxylic acids is 1. The lowest BCUT2D eigenvalue weighted by Gasteiger charge is -1.97. The van der Waals surface area contributed by atoms with Crippen molar-refractivity contribution < 1.29 is 19.4 Å². The van der Waals surface area contributed by atoms with Crippen LogP contribution >= 0.6 is 0 Å². The first-order chi connectivity index (χ1) is 5.66. The van der Waals surface area contributed by atoms with E-state index < -0.39 is 11.9 Å². The summed E-state index contributed by atoms with van der Waals surface area (Å²) in [7, 11) is 0. The molecule has 12 heavy (non-hydrogen) atoms. The zero-order valence-electron chi connectivity index (χ0n) is 6.95. The van der Waals surface area contributed by atoms with Gasteiger partial charge in [-0.3, -0.25) is 0 Å². The topological polar surface area (TPSA) is 63.6 Å². The summed E-state index contributed by atoms with van der Waals surface area (Å²) in [5, 5.41) is 8.14. The van der Waals surface area contributed by atoms with E-state index in [2.05, 4.69) is 4.74 Å². The first-order valence-electron chi connectivity index (χ1n) is 3.74. The molecule has 0 aromatic carbocycles. The highest BCUT2D eigenvalue weighted by Crippen LogP contribution is 1.89. The van der Waals surface area contributed by atoms with Crippen LogP contribution in [0.25, 0.3) is 0 Å². The Morgan fingerprint density at radius 1 is 1.42 bits per heavy atom. The molecule has 4 heteroatoms. The molecule has 0 bridgehead atoms. The Bertz CT molecular complexity index is 183. The van der Waals surface area contributed by atoms with Crippen LogP contribution in [0.4, 0.5) is 0 Å². The van der Waals surface area contributed by atoms with Crippen LogP contribution in [0.5, 0.6) is 0 Å². The van der Waals surface area contributed by atoms with Gasteiger partial charge in [0.05, 0.1) is 6.61 Å². The lowest BCUT2D eigenvalue weighted by Crippen LogP contribution is -2.02. The van der Waals surface area contributed by atoms with Crippen molar-refractivity contribution in [3.8, 4) is 0 Å². The van der Waals surface area contributed by atoms with Crippen molar-refractivity contribution in [3.63, 3.8) is 0 Å². The molecule has 0 aromatic heterocycles. The number of unbranched alkanes of at least 4 members (excludes halogenated alkanes) is 1. The Hall–Kier alpha value is -1.32. The van der Waals surface area contributed by atoms with Gasteiger partial charge in [-0.15, -0.1) is 0 Å². The summed E-state index contributed by atoms with van der Waals surface area (Å²) < 4.78 is 4.64. The second-order valence-electron chi connectivity index (χ2n) is 2.19. The first-order valence-corrected chi connectivity index (χ1v) is 3.74. The van der Waals surface area contributed by atoms with Crippen molar-refractivity contribution in [1.29, 1.82) is 0 Å². The molecule has 0 rings (SSSR count). The average molecular weight is 172 g/mol. The molecule has 0 radical (unpaired) electrons. The van der Waals surface area contributed by atoms with E-state index in [0.717, 1.165) is 25.0 Å². The van der Waals surface area contributed by atoms with E-state index in [9.17, 15) is 9.59 Å². The maximum Gasteiger partial charge on any atom is 0.331 e. The maximum absolute atomic E-state index is 10.6. The van der Waals surface area contributed by atoms with Gasteiger partial charge in [0.15, 0.2) is 0 Å². The maximum atomic E-state index is 10.6. The van der Waals surface area contributed by atoms with Crippen LogP contribution in [-0.2, 0) is 14.3 Å². The third-order valence-corrected chi connectivity index (χ3v) is 1.10. The van der Waals surface area contributed by atoms with Crippen molar-refractivity contribution in [1.82, 2.24) is 0 Å². The number of esters is 1. The second-order valence-corrected chi connectivity index (χ2v) is 2.19. The number of ether oxygens (including phenoxy) is 1. The zero-order chi connectivity index (χ0) is 9.40. The molecule has 0 saturated heterocycles. The molecule has 1 N–H and O–H groups in total. The Kier molecular flexibility index (Phi) is 5.69. The molecule has 68 valence electrons. The van der Waals surface area contributed by atoms with Gasteiger partial charge < -0.3 is 9.84 Å². The van der Waals surface area contributed by atoms with E-state index in [1.165, 1.54) is 0 Å². The zero-order valence-corrected chi connectivity index (χ0v) is 6.95. The van der Waals surface area contributed by atoms with Gasteiger partial charge in [0.1, 0.15) is 0 Å². The van der Waals surface area contributed by atoms with Crippen LogP contribution in [0, 0.1) is 0 Å². The van der Waals surface area contributed by atoms with Crippen LogP contribution in [-0.4, -0.2) is 23.7 Å². The van der Waals surface area contributed by atoms with Crippen LogP contribution in [0.3, 0.4) is 0 Å². The summed E-state index contributed by atoms with van der Waals surface area (Å²) in [5.41, 5.74) is 0. The number of rotatable bonds is 5. The smallest absolute Gasteiger partial charge is 0.331 e. The minimum atomic E-state index is -1.15. The summed E-state index contributed by atoms with van der Waals surface area (Å²) in [6.45, 7) is 2.32. The Morgan fingerprint density at radius 2 is 2.08 bits per heavy atom. The third kappa shape index (κ3) is 6.80. The molecule has 4 nitrogen and oxygen atoms in total. The van der Waals surface area contributed by atoms with E-state index in [4.69, 9.17) is 5.11 Å². The molecular weight excluding hydrogens is 160 g/mol. The number of aliphatic carboxylic acids is 1. The SMILES string of the molecule is CCCCOC(=O)/C=C\C(=O)O. The average Bonchev–Trinajstić information content (AvgIpc) is 2.01. The number of carbonyl (C=O) groups excluding carboxylic acids is 1. The third-order valence-electron chi connectivity index (χ3n) is 1.10. The number of carboxylic acid groups (broad SMARTS) is 1. The fraction of sp³-hybridized carbons (Fsp3) is 0.500. The minimum absolute atomic E-state index is 0.347. The summed E-state index contributed by atoms with van der Waals surface area (Å²) in [6, 6.07) is 0. The van der Waals surface area contributed by atoms with Gasteiger partial charge in [-0.25, -0.2) is 9.59 Å². The van der Waals surface area contributed by atoms with Crippen LogP contribution in [0.2, 0.25) is 0 Å². The van der Waals surface area contributed by atoms with E-state index in [0.29, 0.717) is 6.61 Å². The molecule has 0 atom stereocenters. The Balaban J connectivity index is 3.53. The molecule has 0 heterocycles. The standard InChI is InChI=1S/C8H12O4/c1-2-3-6-12-8(11)5-4-7(9)10/h4-5H,2-3,6H2,1H3,(H,9,10)/b5-4-. The number of hydrogen-bond donors (Lipinski definition) is 1. The highest BCUT2D eigenvalue weighted by atomic mass is 16.5. The highest BCUT2D eigenvalue weighted by molar-refractivity contribution is 5.90. The first kappa shape index (κ1) is 10.7. The lowest BCUT2D eigenvalue weighted by molar-refractivity contribution is -0.138. The van der Waals surface area contributed by atoms with Gasteiger partial charge in [0.25, 0.3) is 0 Å². The Morgan fingerprint density at radius 3 is 2.58 bits per heavy atom. The molecule has 0 aliphatic rings. The van der Waals surface area contributed by atoms with Crippen molar-refractivity contribution in [2.24, 2.45) is 0 Å². The summed E-state index contributed by atoms with van der Waals surface area (Å²) in [4.78, 5) is 20.6. The van der Waals surface area contributed by atoms with Gasteiger partial charge in [0, 0.05) is 12.2 Å². The van der Waals surface area contributed by atoms with E-state index in [1.54, 1.807) is 0 Å². The molecular formula is C8H12O4. The highest BCUT2D eigenvalue weighted by Gasteiger charge is 1.96. The second kappa shape index (κ2) is 6.39. The predicted molar refractivity (Wildman–Crippen MR) is 42.6 cm³/mol. The number of carbonyl (C=O) groups is 2. The van der Waals surface area contributed by atoms with E-state index in [-0.39, 0.29) is 0 Å². The van der Waals surface area contributed by atoms with Crippen molar-refractivity contribution in [3.05, 3.63) is 12.2 Å². The summed E-state index contributed by atoms with van der Waals surface area (Å²) >= 11 is 0. The largest absolute Gasteiger partial charge is 0.478 e. The van der Waals surface area contributed by atoms with E-state index >= 15 is 0 Å². The van der Waals surface area contributed by atoms with Crippen LogP contribution in [0.1, 0.15) is 19.8 Å². The summed E-state index contributed by atoms with van der Waals surface area (Å²) in [6.07, 6.45) is 3.40. The van der Waals surface area contributed by atoms with Crippen LogP contribution in [0.15, 0.2) is 12.2 Å². The van der Waals surface area contributed by atoms with Gasteiger partial charge in [-0.05, 0) is 6.42 Å². The normalized spacial score (nSPS) is 10.1. The van der Waals surface area contributed by atoms with Gasteiger partial charge in [-0.2, -0.15) is 0 Å². The lowest BCUT2D eigenvalue weighted by atomic mass is 10.4. The van der Waals surface area contributed by atoms with Gasteiger partial charge in [0.2, 0.25) is 0 Å². The molecule has 0 fully saturated rings.